The summed E-state index contributed by atoms with van der Waals surface area (Å²) in [6.07, 6.45) is 1.62. The van der Waals surface area contributed by atoms with Gasteiger partial charge in [-0.1, -0.05) is 13.3 Å². The zero-order valence-electron chi connectivity index (χ0n) is 14.5. The smallest absolute Gasteiger partial charge is 0.338 e. The molecule has 0 N–H and O–H groups in total. The summed E-state index contributed by atoms with van der Waals surface area (Å²) >= 11 is 0. The molecule has 0 bridgehead atoms. The second kappa shape index (κ2) is 7.36. The third kappa shape index (κ3) is 3.41. The lowest BCUT2D eigenvalue weighted by Crippen LogP contribution is -2.29. The Labute approximate surface area is 154 Å². The summed E-state index contributed by atoms with van der Waals surface area (Å²) in [7, 11) is 0. The van der Waals surface area contributed by atoms with Crippen molar-refractivity contribution in [3.05, 3.63) is 69.3 Å². The van der Waals surface area contributed by atoms with Crippen molar-refractivity contribution in [3.63, 3.8) is 0 Å². The number of esters is 1. The zero-order chi connectivity index (χ0) is 19.6. The van der Waals surface area contributed by atoms with Gasteiger partial charge in [0.2, 0.25) is 0 Å². The van der Waals surface area contributed by atoms with Gasteiger partial charge >= 0.3 is 5.97 Å². The SMILES string of the molecule is CCCCOC(=O)c1ccc2c(c1)C(=O)N(c1ccc([N+](=O)[O-])cc1)C2=O. The van der Waals surface area contributed by atoms with Crippen molar-refractivity contribution < 1.29 is 24.0 Å². The number of hydrogen-bond acceptors (Lipinski definition) is 6. The van der Waals surface area contributed by atoms with Gasteiger partial charge in [-0.2, -0.15) is 0 Å². The van der Waals surface area contributed by atoms with Crippen LogP contribution >= 0.6 is 0 Å². The predicted octanol–water partition coefficient (Wildman–Crippen LogP) is 3.35. The summed E-state index contributed by atoms with van der Waals surface area (Å²) in [5.41, 5.74) is 0.537. The van der Waals surface area contributed by atoms with E-state index in [0.29, 0.717) is 0 Å². The first-order chi connectivity index (χ1) is 12.9. The van der Waals surface area contributed by atoms with Gasteiger partial charge in [0, 0.05) is 12.1 Å². The van der Waals surface area contributed by atoms with E-state index < -0.39 is 22.7 Å². The number of rotatable bonds is 6. The number of benzene rings is 2. The molecule has 8 heteroatoms. The van der Waals surface area contributed by atoms with Gasteiger partial charge in [-0.3, -0.25) is 19.7 Å². The minimum absolute atomic E-state index is 0.100. The Balaban J connectivity index is 1.87. The molecule has 0 aromatic heterocycles. The number of carbonyl (C=O) groups excluding carboxylic acids is 3. The van der Waals surface area contributed by atoms with Crippen LogP contribution in [0.25, 0.3) is 0 Å². The maximum atomic E-state index is 12.7. The molecule has 0 unspecified atom stereocenters. The van der Waals surface area contributed by atoms with E-state index in [4.69, 9.17) is 4.74 Å². The number of unbranched alkanes of at least 4 members (excludes halogenated alkanes) is 1. The quantitative estimate of drug-likeness (QED) is 0.254. The molecule has 2 amide bonds. The molecule has 1 aliphatic rings. The Morgan fingerprint density at radius 1 is 1.07 bits per heavy atom. The predicted molar refractivity (Wildman–Crippen MR) is 95.9 cm³/mol. The van der Waals surface area contributed by atoms with Crippen LogP contribution in [-0.4, -0.2) is 29.3 Å². The van der Waals surface area contributed by atoms with Gasteiger partial charge in [0.05, 0.1) is 33.9 Å². The van der Waals surface area contributed by atoms with E-state index in [1.807, 2.05) is 6.92 Å². The minimum atomic E-state index is -0.591. The highest BCUT2D eigenvalue weighted by Gasteiger charge is 2.37. The van der Waals surface area contributed by atoms with E-state index in [9.17, 15) is 24.5 Å². The van der Waals surface area contributed by atoms with Crippen molar-refractivity contribution in [2.45, 2.75) is 19.8 Å². The average molecular weight is 368 g/mol. The standard InChI is InChI=1S/C19H16N2O6/c1-2-3-10-27-19(24)12-4-9-15-16(11-12)18(23)20(17(15)22)13-5-7-14(8-6-13)21(25)26/h4-9,11H,2-3,10H2,1H3. The number of anilines is 1. The molecule has 0 aliphatic carbocycles. The molecule has 1 aliphatic heterocycles. The fourth-order valence-electron chi connectivity index (χ4n) is 2.72. The lowest BCUT2D eigenvalue weighted by Gasteiger charge is -2.13. The first kappa shape index (κ1) is 18.2. The molecule has 0 fully saturated rings. The van der Waals surface area contributed by atoms with Crippen LogP contribution in [-0.2, 0) is 4.74 Å². The molecule has 138 valence electrons. The van der Waals surface area contributed by atoms with E-state index in [1.54, 1.807) is 0 Å². The number of imide groups is 1. The first-order valence-corrected chi connectivity index (χ1v) is 8.38. The van der Waals surface area contributed by atoms with Gasteiger partial charge in [-0.25, -0.2) is 9.69 Å². The average Bonchev–Trinajstić information content (AvgIpc) is 2.92. The lowest BCUT2D eigenvalue weighted by molar-refractivity contribution is -0.384. The van der Waals surface area contributed by atoms with E-state index in [1.165, 1.54) is 42.5 Å². The number of nitrogens with zero attached hydrogens (tertiary/aromatic N) is 2. The van der Waals surface area contributed by atoms with Gasteiger partial charge < -0.3 is 4.74 Å². The molecule has 0 spiro atoms. The van der Waals surface area contributed by atoms with Crippen molar-refractivity contribution in [2.75, 3.05) is 11.5 Å². The molecular formula is C19H16N2O6. The van der Waals surface area contributed by atoms with Crippen molar-refractivity contribution in [3.8, 4) is 0 Å². The summed E-state index contributed by atoms with van der Waals surface area (Å²) in [4.78, 5) is 48.4. The molecule has 8 nitrogen and oxygen atoms in total. The number of nitro benzene ring substituents is 1. The zero-order valence-corrected chi connectivity index (χ0v) is 14.5. The molecular weight excluding hydrogens is 352 g/mol. The normalized spacial score (nSPS) is 12.9. The Bertz CT molecular complexity index is 936. The number of fused-ring (bicyclic) bond motifs is 1. The highest BCUT2D eigenvalue weighted by molar-refractivity contribution is 6.34. The topological polar surface area (TPSA) is 107 Å². The van der Waals surface area contributed by atoms with Crippen LogP contribution in [0.3, 0.4) is 0 Å². The maximum Gasteiger partial charge on any atom is 0.338 e. The largest absolute Gasteiger partial charge is 0.462 e. The minimum Gasteiger partial charge on any atom is -0.462 e. The van der Waals surface area contributed by atoms with Crippen molar-refractivity contribution in [2.24, 2.45) is 0 Å². The lowest BCUT2D eigenvalue weighted by atomic mass is 10.1. The van der Waals surface area contributed by atoms with Crippen LogP contribution in [0.2, 0.25) is 0 Å². The van der Waals surface area contributed by atoms with E-state index in [0.717, 1.165) is 17.7 Å². The van der Waals surface area contributed by atoms with Gasteiger partial charge in [-0.05, 0) is 36.8 Å². The van der Waals surface area contributed by atoms with Crippen molar-refractivity contribution in [1.82, 2.24) is 0 Å². The Kier molecular flexibility index (Phi) is 4.98. The number of ether oxygens (including phenoxy) is 1. The molecule has 0 atom stereocenters. The molecule has 0 radical (unpaired) electrons. The van der Waals surface area contributed by atoms with E-state index in [-0.39, 0.29) is 34.7 Å². The molecule has 27 heavy (non-hydrogen) atoms. The van der Waals surface area contributed by atoms with Crippen molar-refractivity contribution in [1.29, 1.82) is 0 Å². The van der Waals surface area contributed by atoms with E-state index in [2.05, 4.69) is 0 Å². The molecule has 2 aromatic rings. The highest BCUT2D eigenvalue weighted by Crippen LogP contribution is 2.30. The Hall–Kier alpha value is -3.55. The molecule has 0 saturated carbocycles. The molecule has 1 heterocycles. The van der Waals surface area contributed by atoms with Crippen LogP contribution in [0.1, 0.15) is 50.8 Å². The Morgan fingerprint density at radius 3 is 2.37 bits per heavy atom. The first-order valence-electron chi connectivity index (χ1n) is 8.38. The van der Waals surface area contributed by atoms with Crippen LogP contribution in [0.15, 0.2) is 42.5 Å². The maximum absolute atomic E-state index is 12.7. The third-order valence-corrected chi connectivity index (χ3v) is 4.17. The van der Waals surface area contributed by atoms with Crippen LogP contribution in [0.4, 0.5) is 11.4 Å². The van der Waals surface area contributed by atoms with Crippen LogP contribution < -0.4 is 4.90 Å². The van der Waals surface area contributed by atoms with Crippen LogP contribution in [0.5, 0.6) is 0 Å². The number of non-ortho nitro benzene ring substituents is 1. The Morgan fingerprint density at radius 2 is 1.74 bits per heavy atom. The fraction of sp³-hybridized carbons (Fsp3) is 0.211. The van der Waals surface area contributed by atoms with E-state index >= 15 is 0 Å². The van der Waals surface area contributed by atoms with Crippen LogP contribution in [0, 0.1) is 10.1 Å². The summed E-state index contributed by atoms with van der Waals surface area (Å²) in [6, 6.07) is 9.30. The molecule has 0 saturated heterocycles. The van der Waals surface area contributed by atoms with Crippen molar-refractivity contribution >= 4 is 29.2 Å². The summed E-state index contributed by atoms with van der Waals surface area (Å²) in [5.74, 6) is -1.69. The summed E-state index contributed by atoms with van der Waals surface area (Å²) in [5, 5.41) is 10.8. The second-order valence-corrected chi connectivity index (χ2v) is 5.97. The summed E-state index contributed by atoms with van der Waals surface area (Å²) < 4.78 is 5.12. The van der Waals surface area contributed by atoms with Gasteiger partial charge in [0.15, 0.2) is 0 Å². The molecule has 2 aromatic carbocycles. The van der Waals surface area contributed by atoms with Gasteiger partial charge in [-0.15, -0.1) is 0 Å². The molecule has 3 rings (SSSR count). The fourth-order valence-corrected chi connectivity index (χ4v) is 2.72. The number of hydrogen-bond donors (Lipinski definition) is 0. The number of amides is 2. The monoisotopic (exact) mass is 368 g/mol. The van der Waals surface area contributed by atoms with Gasteiger partial charge in [0.1, 0.15) is 0 Å². The number of carbonyl (C=O) groups is 3. The highest BCUT2D eigenvalue weighted by atomic mass is 16.6. The second-order valence-electron chi connectivity index (χ2n) is 5.97. The summed E-state index contributed by atoms with van der Waals surface area (Å²) in [6.45, 7) is 2.26. The number of nitro groups is 1. The van der Waals surface area contributed by atoms with Gasteiger partial charge in [0.25, 0.3) is 17.5 Å². The third-order valence-electron chi connectivity index (χ3n) is 4.17.